The molecule has 0 aliphatic heterocycles. The summed E-state index contributed by atoms with van der Waals surface area (Å²) in [6, 6.07) is 10.0. The minimum Gasteiger partial charge on any atom is -0.476 e. The van der Waals surface area contributed by atoms with E-state index in [0.29, 0.717) is 6.54 Å². The van der Waals surface area contributed by atoms with Gasteiger partial charge in [0.2, 0.25) is 0 Å². The highest BCUT2D eigenvalue weighted by molar-refractivity contribution is 5.87. The zero-order valence-corrected chi connectivity index (χ0v) is 10.7. The minimum atomic E-state index is -0.912. The Hall–Kier alpha value is -2.10. The maximum Gasteiger partial charge on any atom is 0.356 e. The van der Waals surface area contributed by atoms with Gasteiger partial charge >= 0.3 is 5.97 Å². The molecule has 1 heterocycles. The van der Waals surface area contributed by atoms with Crippen LogP contribution in [0.2, 0.25) is 0 Å². The molecule has 0 radical (unpaired) electrons. The van der Waals surface area contributed by atoms with E-state index in [1.165, 1.54) is 0 Å². The number of carboxylic acids is 1. The van der Waals surface area contributed by atoms with Crippen LogP contribution in [0.4, 0.5) is 0 Å². The van der Waals surface area contributed by atoms with E-state index < -0.39 is 5.97 Å². The first-order valence-electron chi connectivity index (χ1n) is 6.61. The Morgan fingerprint density at radius 2 is 1.95 bits per heavy atom. The Bertz CT molecular complexity index is 602. The summed E-state index contributed by atoms with van der Waals surface area (Å²) in [5, 5.41) is 13.5. The van der Waals surface area contributed by atoms with Gasteiger partial charge in [-0.2, -0.15) is 5.10 Å². The maximum atomic E-state index is 11.3. The number of carbonyl (C=O) groups is 1. The molecular formula is C15H16N2O2. The summed E-state index contributed by atoms with van der Waals surface area (Å²) < 4.78 is 1.87. The predicted octanol–water partition coefficient (Wildman–Crippen LogP) is 2.51. The zero-order valence-electron chi connectivity index (χ0n) is 10.7. The second-order valence-electron chi connectivity index (χ2n) is 4.93. The van der Waals surface area contributed by atoms with Crippen LogP contribution < -0.4 is 0 Å². The molecule has 0 unspecified atom stereocenters. The number of hydrogen-bond donors (Lipinski definition) is 1. The average Bonchev–Trinajstić information content (AvgIpc) is 2.79. The van der Waals surface area contributed by atoms with Crippen molar-refractivity contribution in [1.29, 1.82) is 0 Å². The van der Waals surface area contributed by atoms with Gasteiger partial charge in [0.15, 0.2) is 5.69 Å². The van der Waals surface area contributed by atoms with Gasteiger partial charge in [0.05, 0.1) is 6.54 Å². The lowest BCUT2D eigenvalue weighted by Gasteiger charge is -2.14. The molecular weight excluding hydrogens is 240 g/mol. The number of hydrogen-bond acceptors (Lipinski definition) is 2. The zero-order chi connectivity index (χ0) is 13.2. The van der Waals surface area contributed by atoms with Crippen molar-refractivity contribution in [1.82, 2.24) is 9.78 Å². The molecule has 0 saturated heterocycles. The van der Waals surface area contributed by atoms with Crippen LogP contribution >= 0.6 is 0 Å². The van der Waals surface area contributed by atoms with Crippen LogP contribution in [0.15, 0.2) is 30.3 Å². The largest absolute Gasteiger partial charge is 0.476 e. The van der Waals surface area contributed by atoms with Crippen molar-refractivity contribution >= 4 is 5.97 Å². The van der Waals surface area contributed by atoms with Crippen molar-refractivity contribution in [2.75, 3.05) is 0 Å². The third-order valence-electron chi connectivity index (χ3n) is 3.63. The first kappa shape index (κ1) is 12.0. The number of aromatic nitrogens is 2. The third kappa shape index (κ3) is 2.26. The van der Waals surface area contributed by atoms with Gasteiger partial charge in [-0.25, -0.2) is 4.79 Å². The van der Waals surface area contributed by atoms with Gasteiger partial charge in [-0.3, -0.25) is 4.68 Å². The van der Waals surface area contributed by atoms with Crippen molar-refractivity contribution in [2.45, 2.75) is 32.2 Å². The Kier molecular flexibility index (Phi) is 3.07. The second-order valence-corrected chi connectivity index (χ2v) is 4.93. The molecule has 0 amide bonds. The lowest BCUT2D eigenvalue weighted by Crippen LogP contribution is -2.10. The number of fused-ring (bicyclic) bond motifs is 1. The highest BCUT2D eigenvalue weighted by atomic mass is 16.4. The molecule has 0 bridgehead atoms. The molecule has 19 heavy (non-hydrogen) atoms. The Labute approximate surface area is 111 Å². The predicted molar refractivity (Wildman–Crippen MR) is 71.4 cm³/mol. The van der Waals surface area contributed by atoms with Crippen molar-refractivity contribution < 1.29 is 9.90 Å². The van der Waals surface area contributed by atoms with E-state index >= 15 is 0 Å². The molecule has 2 aromatic rings. The first-order valence-corrected chi connectivity index (χ1v) is 6.61. The number of aromatic carboxylic acids is 1. The smallest absolute Gasteiger partial charge is 0.356 e. The minimum absolute atomic E-state index is 0.241. The quantitative estimate of drug-likeness (QED) is 0.918. The van der Waals surface area contributed by atoms with Crippen LogP contribution in [0.25, 0.3) is 0 Å². The second kappa shape index (κ2) is 4.88. The fourth-order valence-corrected chi connectivity index (χ4v) is 2.73. The highest BCUT2D eigenvalue weighted by Gasteiger charge is 2.24. The molecule has 98 valence electrons. The number of benzene rings is 1. The van der Waals surface area contributed by atoms with Crippen molar-refractivity contribution in [3.63, 3.8) is 0 Å². The number of rotatable bonds is 3. The van der Waals surface area contributed by atoms with E-state index in [-0.39, 0.29) is 5.69 Å². The molecule has 1 aliphatic carbocycles. The van der Waals surface area contributed by atoms with E-state index in [0.717, 1.165) is 42.5 Å². The average molecular weight is 256 g/mol. The van der Waals surface area contributed by atoms with Crippen molar-refractivity contribution in [2.24, 2.45) is 0 Å². The molecule has 0 fully saturated rings. The van der Waals surface area contributed by atoms with E-state index in [1.54, 1.807) is 0 Å². The SMILES string of the molecule is O=C(O)c1nn(Cc2ccccc2)c2c1CCCC2. The van der Waals surface area contributed by atoms with Gasteiger partial charge in [0.1, 0.15) is 0 Å². The standard InChI is InChI=1S/C15H16N2O2/c18-15(19)14-12-8-4-5-9-13(12)17(16-14)10-11-6-2-1-3-7-11/h1-3,6-7H,4-5,8-10H2,(H,18,19). The van der Waals surface area contributed by atoms with Crippen LogP contribution in [-0.4, -0.2) is 20.9 Å². The summed E-state index contributed by atoms with van der Waals surface area (Å²) in [6.07, 6.45) is 3.95. The summed E-state index contributed by atoms with van der Waals surface area (Å²) in [6.45, 7) is 0.649. The molecule has 0 spiro atoms. The summed E-state index contributed by atoms with van der Waals surface area (Å²) in [7, 11) is 0. The van der Waals surface area contributed by atoms with Crippen LogP contribution in [0.5, 0.6) is 0 Å². The van der Waals surface area contributed by atoms with E-state index in [9.17, 15) is 9.90 Å². The van der Waals surface area contributed by atoms with Gasteiger partial charge in [-0.15, -0.1) is 0 Å². The van der Waals surface area contributed by atoms with Gasteiger partial charge in [-0.05, 0) is 31.2 Å². The molecule has 4 nitrogen and oxygen atoms in total. The number of carboxylic acid groups (broad SMARTS) is 1. The summed E-state index contributed by atoms with van der Waals surface area (Å²) in [5.41, 5.74) is 3.43. The molecule has 1 aromatic heterocycles. The lowest BCUT2D eigenvalue weighted by atomic mass is 9.95. The van der Waals surface area contributed by atoms with Crippen LogP contribution in [0.3, 0.4) is 0 Å². The summed E-state index contributed by atoms with van der Waals surface area (Å²) >= 11 is 0. The normalized spacial score (nSPS) is 14.1. The Balaban J connectivity index is 1.99. The van der Waals surface area contributed by atoms with Gasteiger partial charge in [-0.1, -0.05) is 30.3 Å². The summed E-state index contributed by atoms with van der Waals surface area (Å²) in [5.74, 6) is -0.912. The van der Waals surface area contributed by atoms with Crippen LogP contribution in [-0.2, 0) is 19.4 Å². The first-order chi connectivity index (χ1) is 9.25. The Morgan fingerprint density at radius 3 is 2.68 bits per heavy atom. The molecule has 0 saturated carbocycles. The van der Waals surface area contributed by atoms with Gasteiger partial charge in [0, 0.05) is 11.3 Å². The van der Waals surface area contributed by atoms with Gasteiger partial charge < -0.3 is 5.11 Å². The molecule has 3 rings (SSSR count). The van der Waals surface area contributed by atoms with E-state index in [1.807, 2.05) is 35.0 Å². The molecule has 4 heteroatoms. The monoisotopic (exact) mass is 256 g/mol. The fourth-order valence-electron chi connectivity index (χ4n) is 2.73. The highest BCUT2D eigenvalue weighted by Crippen LogP contribution is 2.25. The molecule has 1 aromatic carbocycles. The Morgan fingerprint density at radius 1 is 1.21 bits per heavy atom. The van der Waals surface area contributed by atoms with Crippen LogP contribution in [0.1, 0.15) is 40.2 Å². The third-order valence-corrected chi connectivity index (χ3v) is 3.63. The molecule has 0 atom stereocenters. The van der Waals surface area contributed by atoms with Crippen LogP contribution in [0, 0.1) is 0 Å². The molecule has 1 N–H and O–H groups in total. The van der Waals surface area contributed by atoms with E-state index in [2.05, 4.69) is 5.10 Å². The molecule has 1 aliphatic rings. The number of nitrogens with zero attached hydrogens (tertiary/aromatic N) is 2. The maximum absolute atomic E-state index is 11.3. The van der Waals surface area contributed by atoms with Crippen molar-refractivity contribution in [3.05, 3.63) is 52.8 Å². The van der Waals surface area contributed by atoms with E-state index in [4.69, 9.17) is 0 Å². The fraction of sp³-hybridized carbons (Fsp3) is 0.333. The van der Waals surface area contributed by atoms with Gasteiger partial charge in [0.25, 0.3) is 0 Å². The summed E-state index contributed by atoms with van der Waals surface area (Å²) in [4.78, 5) is 11.3. The lowest BCUT2D eigenvalue weighted by molar-refractivity contribution is 0.0688. The van der Waals surface area contributed by atoms with Crippen molar-refractivity contribution in [3.8, 4) is 0 Å². The topological polar surface area (TPSA) is 55.1 Å².